The van der Waals surface area contributed by atoms with Crippen LogP contribution in [0.4, 0.5) is 0 Å². The van der Waals surface area contributed by atoms with E-state index in [2.05, 4.69) is 19.2 Å². The van der Waals surface area contributed by atoms with E-state index in [1.165, 1.54) is 0 Å². The van der Waals surface area contributed by atoms with E-state index in [1.807, 2.05) is 36.4 Å². The molecule has 1 unspecified atom stereocenters. The summed E-state index contributed by atoms with van der Waals surface area (Å²) in [5.41, 5.74) is 0.943. The van der Waals surface area contributed by atoms with E-state index >= 15 is 0 Å². The third kappa shape index (κ3) is 3.71. The molecule has 0 aliphatic carbocycles. The number of rotatable bonds is 6. The van der Waals surface area contributed by atoms with Gasteiger partial charge in [-0.25, -0.2) is 0 Å². The standard InChI is InChI=1S/C17H23NO2/c1-12(2)10-18-11-17(19)15-5-4-14-9-16(20-3)7-6-13(14)8-15/h4-9,12,17-19H,10-11H2,1-3H3. The summed E-state index contributed by atoms with van der Waals surface area (Å²) in [5, 5.41) is 15.7. The van der Waals surface area contributed by atoms with Crippen molar-refractivity contribution in [3.05, 3.63) is 42.0 Å². The van der Waals surface area contributed by atoms with Crippen LogP contribution in [0.3, 0.4) is 0 Å². The lowest BCUT2D eigenvalue weighted by atomic mass is 10.0. The number of ether oxygens (including phenoxy) is 1. The van der Waals surface area contributed by atoms with Gasteiger partial charge in [-0.05, 0) is 47.0 Å². The Kier molecular flexibility index (Phi) is 4.99. The number of aliphatic hydroxyl groups excluding tert-OH is 1. The van der Waals surface area contributed by atoms with Crippen molar-refractivity contribution in [1.82, 2.24) is 5.32 Å². The van der Waals surface area contributed by atoms with Crippen molar-refractivity contribution < 1.29 is 9.84 Å². The Morgan fingerprint density at radius 1 is 1.05 bits per heavy atom. The van der Waals surface area contributed by atoms with Gasteiger partial charge in [-0.1, -0.05) is 32.0 Å². The van der Waals surface area contributed by atoms with Crippen molar-refractivity contribution in [2.24, 2.45) is 5.92 Å². The smallest absolute Gasteiger partial charge is 0.119 e. The van der Waals surface area contributed by atoms with Crippen molar-refractivity contribution in [3.63, 3.8) is 0 Å². The molecule has 0 aliphatic heterocycles. The van der Waals surface area contributed by atoms with E-state index in [9.17, 15) is 5.11 Å². The molecular weight excluding hydrogens is 250 g/mol. The molecule has 0 aliphatic rings. The zero-order valence-electron chi connectivity index (χ0n) is 12.4. The van der Waals surface area contributed by atoms with Crippen LogP contribution in [0, 0.1) is 5.92 Å². The summed E-state index contributed by atoms with van der Waals surface area (Å²) >= 11 is 0. The zero-order valence-corrected chi connectivity index (χ0v) is 12.4. The van der Waals surface area contributed by atoms with Gasteiger partial charge in [0.25, 0.3) is 0 Å². The quantitative estimate of drug-likeness (QED) is 0.849. The van der Waals surface area contributed by atoms with E-state index in [4.69, 9.17) is 4.74 Å². The molecule has 1 atom stereocenters. The molecule has 0 heterocycles. The number of aliphatic hydroxyl groups is 1. The Balaban J connectivity index is 2.10. The molecule has 0 saturated carbocycles. The van der Waals surface area contributed by atoms with Gasteiger partial charge in [-0.15, -0.1) is 0 Å². The molecule has 0 radical (unpaired) electrons. The van der Waals surface area contributed by atoms with Crippen LogP contribution in [0.25, 0.3) is 10.8 Å². The highest BCUT2D eigenvalue weighted by Gasteiger charge is 2.08. The first-order valence-corrected chi connectivity index (χ1v) is 7.06. The van der Waals surface area contributed by atoms with E-state index in [0.717, 1.165) is 28.6 Å². The van der Waals surface area contributed by atoms with Crippen LogP contribution in [0.15, 0.2) is 36.4 Å². The van der Waals surface area contributed by atoms with Gasteiger partial charge in [-0.2, -0.15) is 0 Å². The Labute approximate surface area is 120 Å². The van der Waals surface area contributed by atoms with Gasteiger partial charge >= 0.3 is 0 Å². The van der Waals surface area contributed by atoms with E-state index < -0.39 is 6.10 Å². The Hall–Kier alpha value is -1.58. The first kappa shape index (κ1) is 14.8. The molecule has 0 bridgehead atoms. The second-order valence-corrected chi connectivity index (χ2v) is 5.54. The van der Waals surface area contributed by atoms with Crippen LogP contribution < -0.4 is 10.1 Å². The highest BCUT2D eigenvalue weighted by molar-refractivity contribution is 5.84. The average Bonchev–Trinajstić information content (AvgIpc) is 2.45. The topological polar surface area (TPSA) is 41.5 Å². The first-order chi connectivity index (χ1) is 9.60. The maximum absolute atomic E-state index is 10.2. The van der Waals surface area contributed by atoms with Crippen LogP contribution in [0.1, 0.15) is 25.5 Å². The molecule has 0 aromatic heterocycles. The lowest BCUT2D eigenvalue weighted by molar-refractivity contribution is 0.173. The Morgan fingerprint density at radius 3 is 2.45 bits per heavy atom. The van der Waals surface area contributed by atoms with Crippen LogP contribution in [-0.2, 0) is 0 Å². The fraction of sp³-hybridized carbons (Fsp3) is 0.412. The van der Waals surface area contributed by atoms with Gasteiger partial charge in [0.15, 0.2) is 0 Å². The number of methoxy groups -OCH3 is 1. The van der Waals surface area contributed by atoms with E-state index in [0.29, 0.717) is 12.5 Å². The first-order valence-electron chi connectivity index (χ1n) is 7.06. The van der Waals surface area contributed by atoms with Crippen molar-refractivity contribution >= 4 is 10.8 Å². The highest BCUT2D eigenvalue weighted by atomic mass is 16.5. The third-order valence-electron chi connectivity index (χ3n) is 3.35. The molecule has 2 N–H and O–H groups in total. The van der Waals surface area contributed by atoms with Crippen LogP contribution >= 0.6 is 0 Å². The molecule has 2 aromatic rings. The monoisotopic (exact) mass is 273 g/mol. The minimum Gasteiger partial charge on any atom is -0.497 e. The maximum atomic E-state index is 10.2. The lowest BCUT2D eigenvalue weighted by Gasteiger charge is -2.14. The molecule has 2 rings (SSSR count). The fourth-order valence-corrected chi connectivity index (χ4v) is 2.20. The minimum absolute atomic E-state index is 0.472. The number of fused-ring (bicyclic) bond motifs is 1. The van der Waals surface area contributed by atoms with Crippen LogP contribution in [0.2, 0.25) is 0 Å². The summed E-state index contributed by atoms with van der Waals surface area (Å²) in [7, 11) is 1.67. The Morgan fingerprint density at radius 2 is 1.75 bits per heavy atom. The summed E-state index contributed by atoms with van der Waals surface area (Å²) in [6.07, 6.45) is -0.472. The second-order valence-electron chi connectivity index (χ2n) is 5.54. The zero-order chi connectivity index (χ0) is 14.5. The van der Waals surface area contributed by atoms with Crippen molar-refractivity contribution in [2.45, 2.75) is 20.0 Å². The van der Waals surface area contributed by atoms with Crippen LogP contribution in [0.5, 0.6) is 5.75 Å². The predicted octanol–water partition coefficient (Wildman–Crippen LogP) is 3.13. The molecule has 2 aromatic carbocycles. The van der Waals surface area contributed by atoms with Crippen molar-refractivity contribution in [2.75, 3.05) is 20.2 Å². The number of hydrogen-bond acceptors (Lipinski definition) is 3. The van der Waals surface area contributed by atoms with Crippen molar-refractivity contribution in [1.29, 1.82) is 0 Å². The van der Waals surface area contributed by atoms with E-state index in [-0.39, 0.29) is 0 Å². The summed E-state index contributed by atoms with van der Waals surface area (Å²) in [5.74, 6) is 1.44. The number of hydrogen-bond donors (Lipinski definition) is 2. The van der Waals surface area contributed by atoms with Gasteiger partial charge in [-0.3, -0.25) is 0 Å². The summed E-state index contributed by atoms with van der Waals surface area (Å²) in [6.45, 7) is 5.81. The minimum atomic E-state index is -0.472. The van der Waals surface area contributed by atoms with Crippen LogP contribution in [-0.4, -0.2) is 25.3 Å². The molecule has 3 nitrogen and oxygen atoms in total. The molecule has 0 spiro atoms. The van der Waals surface area contributed by atoms with E-state index in [1.54, 1.807) is 7.11 Å². The normalized spacial score (nSPS) is 12.8. The number of benzene rings is 2. The molecular formula is C17H23NO2. The highest BCUT2D eigenvalue weighted by Crippen LogP contribution is 2.24. The third-order valence-corrected chi connectivity index (χ3v) is 3.35. The average molecular weight is 273 g/mol. The molecule has 20 heavy (non-hydrogen) atoms. The number of nitrogens with one attached hydrogen (secondary N) is 1. The summed E-state index contributed by atoms with van der Waals surface area (Å²) in [6, 6.07) is 12.0. The largest absolute Gasteiger partial charge is 0.497 e. The SMILES string of the molecule is COc1ccc2cc(C(O)CNCC(C)C)ccc2c1. The van der Waals surface area contributed by atoms with Gasteiger partial charge in [0.2, 0.25) is 0 Å². The second kappa shape index (κ2) is 6.73. The molecule has 108 valence electrons. The van der Waals surface area contributed by atoms with Gasteiger partial charge in [0.1, 0.15) is 5.75 Å². The predicted molar refractivity (Wildman–Crippen MR) is 83.2 cm³/mol. The van der Waals surface area contributed by atoms with Crippen molar-refractivity contribution in [3.8, 4) is 5.75 Å². The van der Waals surface area contributed by atoms with Gasteiger partial charge < -0.3 is 15.2 Å². The Bertz CT molecular complexity index is 566. The maximum Gasteiger partial charge on any atom is 0.119 e. The molecule has 3 heteroatoms. The lowest BCUT2D eigenvalue weighted by Crippen LogP contribution is -2.25. The summed E-state index contributed by atoms with van der Waals surface area (Å²) in [4.78, 5) is 0. The molecule has 0 fully saturated rings. The van der Waals surface area contributed by atoms with Gasteiger partial charge in [0, 0.05) is 6.54 Å². The fourth-order valence-electron chi connectivity index (χ4n) is 2.20. The molecule has 0 amide bonds. The van der Waals surface area contributed by atoms with Gasteiger partial charge in [0.05, 0.1) is 13.2 Å². The summed E-state index contributed by atoms with van der Waals surface area (Å²) < 4.78 is 5.22. The molecule has 0 saturated heterocycles.